The third-order valence-electron chi connectivity index (χ3n) is 6.86. The average molecular weight is 584 g/mol. The molecule has 0 radical (unpaired) electrons. The van der Waals surface area contributed by atoms with Crippen LogP contribution < -0.4 is 10.6 Å². The van der Waals surface area contributed by atoms with Gasteiger partial charge in [0.2, 0.25) is 11.8 Å². The first kappa shape index (κ1) is 34.5. The molecular formula is C33H49N3O6. The number of nitrogens with zero attached hydrogens (tertiary/aromatic N) is 1. The normalized spacial score (nSPS) is 13.5. The number of nitrogens with one attached hydrogen (secondary N) is 2. The Kier molecular flexibility index (Phi) is 13.2. The van der Waals surface area contributed by atoms with E-state index in [0.29, 0.717) is 23.1 Å². The van der Waals surface area contributed by atoms with Crippen LogP contribution in [0.15, 0.2) is 42.5 Å². The van der Waals surface area contributed by atoms with Gasteiger partial charge in [0.25, 0.3) is 0 Å². The van der Waals surface area contributed by atoms with Crippen LogP contribution in [0.4, 0.5) is 4.79 Å². The van der Waals surface area contributed by atoms with Crippen LogP contribution in [0, 0.1) is 6.92 Å². The molecule has 2 aromatic rings. The van der Waals surface area contributed by atoms with Gasteiger partial charge in [-0.05, 0) is 88.4 Å². The maximum absolute atomic E-state index is 14.5. The Balaban J connectivity index is 2.60. The number of hydrogen-bond donors (Lipinski definition) is 4. The first-order chi connectivity index (χ1) is 19.7. The summed E-state index contributed by atoms with van der Waals surface area (Å²) in [6.45, 7) is 13.3. The number of unbranched alkanes of at least 4 members (excludes halogenated alkanes) is 2. The van der Waals surface area contributed by atoms with Gasteiger partial charge in [-0.3, -0.25) is 9.59 Å². The third-order valence-corrected chi connectivity index (χ3v) is 6.86. The minimum atomic E-state index is -1.05. The van der Waals surface area contributed by atoms with Crippen molar-refractivity contribution >= 4 is 17.9 Å². The lowest BCUT2D eigenvalue weighted by Gasteiger charge is -2.35. The Morgan fingerprint density at radius 3 is 2.19 bits per heavy atom. The number of ether oxygens (including phenoxy) is 1. The molecule has 0 bridgehead atoms. The van der Waals surface area contributed by atoms with Crippen molar-refractivity contribution in [2.24, 2.45) is 0 Å². The molecule has 9 nitrogen and oxygen atoms in total. The SMILES string of the molecule is CCCCCN(C(=O)C(Cc1ccc(O)cc1)NC(=O)OC(C)(C)C)C(C(=O)NC(C)CCC)c1ccc(O)c(C)c1. The number of phenols is 2. The van der Waals surface area contributed by atoms with Gasteiger partial charge >= 0.3 is 6.09 Å². The standard InChI is InChI=1S/C33H49N3O6/c1-8-10-11-19-36(29(30(39)34-23(4)12-9-2)25-15-18-28(38)22(3)20-25)31(40)27(35-32(41)42-33(5,6)7)21-24-13-16-26(37)17-14-24/h13-18,20,23,27,29,37-38H,8-12,19,21H2,1-7H3,(H,34,39)(H,35,41). The van der Waals surface area contributed by atoms with Crippen molar-refractivity contribution in [3.05, 3.63) is 59.2 Å². The second-order valence-corrected chi connectivity index (χ2v) is 12.0. The Morgan fingerprint density at radius 1 is 0.952 bits per heavy atom. The molecule has 0 aromatic heterocycles. The summed E-state index contributed by atoms with van der Waals surface area (Å²) in [5.41, 5.74) is 1.09. The van der Waals surface area contributed by atoms with E-state index in [-0.39, 0.29) is 36.4 Å². The van der Waals surface area contributed by atoms with Crippen molar-refractivity contribution in [3.63, 3.8) is 0 Å². The maximum Gasteiger partial charge on any atom is 0.408 e. The zero-order chi connectivity index (χ0) is 31.4. The summed E-state index contributed by atoms with van der Waals surface area (Å²) in [6.07, 6.45) is 3.47. The van der Waals surface area contributed by atoms with Gasteiger partial charge in [-0.25, -0.2) is 4.79 Å². The summed E-state index contributed by atoms with van der Waals surface area (Å²) in [5, 5.41) is 25.8. The largest absolute Gasteiger partial charge is 0.508 e. The van der Waals surface area contributed by atoms with Crippen molar-refractivity contribution in [1.82, 2.24) is 15.5 Å². The number of aryl methyl sites for hydroxylation is 1. The Bertz CT molecular complexity index is 1180. The summed E-state index contributed by atoms with van der Waals surface area (Å²) in [4.78, 5) is 42.9. The third kappa shape index (κ3) is 10.9. The molecule has 0 aliphatic carbocycles. The van der Waals surface area contributed by atoms with Crippen molar-refractivity contribution in [1.29, 1.82) is 0 Å². The number of carbonyl (C=O) groups excluding carboxylic acids is 3. The summed E-state index contributed by atoms with van der Waals surface area (Å²) in [5.74, 6) is -0.577. The molecule has 232 valence electrons. The fourth-order valence-corrected chi connectivity index (χ4v) is 4.77. The number of rotatable bonds is 14. The molecule has 3 atom stereocenters. The topological polar surface area (TPSA) is 128 Å². The van der Waals surface area contributed by atoms with Crippen LogP contribution in [0.1, 0.15) is 96.4 Å². The molecule has 42 heavy (non-hydrogen) atoms. The van der Waals surface area contributed by atoms with Crippen LogP contribution in [0.2, 0.25) is 0 Å². The molecule has 2 aromatic carbocycles. The van der Waals surface area contributed by atoms with Gasteiger partial charge in [0, 0.05) is 19.0 Å². The Morgan fingerprint density at radius 2 is 1.62 bits per heavy atom. The van der Waals surface area contributed by atoms with Gasteiger partial charge < -0.3 is 30.5 Å². The van der Waals surface area contributed by atoms with E-state index < -0.39 is 29.7 Å². The van der Waals surface area contributed by atoms with E-state index in [1.807, 2.05) is 13.8 Å². The molecule has 4 N–H and O–H groups in total. The first-order valence-corrected chi connectivity index (χ1v) is 14.9. The molecule has 0 aliphatic heterocycles. The molecule has 0 saturated heterocycles. The van der Waals surface area contributed by atoms with Crippen LogP contribution in [0.5, 0.6) is 11.5 Å². The van der Waals surface area contributed by atoms with Gasteiger partial charge in [-0.1, -0.05) is 51.3 Å². The molecule has 0 spiro atoms. The van der Waals surface area contributed by atoms with Gasteiger partial charge in [-0.2, -0.15) is 0 Å². The molecule has 0 saturated carbocycles. The molecule has 9 heteroatoms. The van der Waals surface area contributed by atoms with Crippen molar-refractivity contribution < 1.29 is 29.3 Å². The highest BCUT2D eigenvalue weighted by Gasteiger charge is 2.36. The minimum Gasteiger partial charge on any atom is -0.508 e. The minimum absolute atomic E-state index is 0.0866. The van der Waals surface area contributed by atoms with E-state index in [0.717, 1.165) is 25.7 Å². The second-order valence-electron chi connectivity index (χ2n) is 12.0. The van der Waals surface area contributed by atoms with Gasteiger partial charge in [-0.15, -0.1) is 0 Å². The van der Waals surface area contributed by atoms with Gasteiger partial charge in [0.15, 0.2) is 0 Å². The van der Waals surface area contributed by atoms with E-state index in [2.05, 4.69) is 17.6 Å². The lowest BCUT2D eigenvalue weighted by Crippen LogP contribution is -2.54. The smallest absolute Gasteiger partial charge is 0.408 e. The molecule has 3 amide bonds. The van der Waals surface area contributed by atoms with E-state index in [4.69, 9.17) is 4.74 Å². The highest BCUT2D eigenvalue weighted by molar-refractivity contribution is 5.92. The molecule has 0 aliphatic rings. The number of phenolic OH excluding ortho intramolecular Hbond substituents is 2. The van der Waals surface area contributed by atoms with Crippen molar-refractivity contribution in [2.45, 2.75) is 111 Å². The van der Waals surface area contributed by atoms with Crippen LogP contribution >= 0.6 is 0 Å². The monoisotopic (exact) mass is 583 g/mol. The van der Waals surface area contributed by atoms with E-state index in [1.165, 1.54) is 23.1 Å². The van der Waals surface area contributed by atoms with Crippen LogP contribution in [-0.4, -0.2) is 57.3 Å². The zero-order valence-corrected chi connectivity index (χ0v) is 26.2. The summed E-state index contributed by atoms with van der Waals surface area (Å²) in [7, 11) is 0. The maximum atomic E-state index is 14.5. The van der Waals surface area contributed by atoms with Crippen LogP contribution in [0.25, 0.3) is 0 Å². The van der Waals surface area contributed by atoms with E-state index in [1.54, 1.807) is 52.0 Å². The molecule has 0 fully saturated rings. The number of alkyl carbamates (subject to hydrolysis) is 1. The number of hydrogen-bond acceptors (Lipinski definition) is 6. The first-order valence-electron chi connectivity index (χ1n) is 14.9. The van der Waals surface area contributed by atoms with Crippen LogP contribution in [0.3, 0.4) is 0 Å². The highest BCUT2D eigenvalue weighted by Crippen LogP contribution is 2.28. The zero-order valence-electron chi connectivity index (χ0n) is 26.2. The molecule has 2 rings (SSSR count). The van der Waals surface area contributed by atoms with Gasteiger partial charge in [0.1, 0.15) is 29.2 Å². The van der Waals surface area contributed by atoms with Crippen molar-refractivity contribution in [2.75, 3.05) is 6.54 Å². The summed E-state index contributed by atoms with van der Waals surface area (Å²) >= 11 is 0. The van der Waals surface area contributed by atoms with E-state index in [9.17, 15) is 24.6 Å². The number of carbonyl (C=O) groups is 3. The number of aromatic hydroxyl groups is 2. The van der Waals surface area contributed by atoms with Gasteiger partial charge in [0.05, 0.1) is 0 Å². The summed E-state index contributed by atoms with van der Waals surface area (Å²) in [6, 6.07) is 9.19. The molecular weight excluding hydrogens is 534 g/mol. The Hall–Kier alpha value is -3.75. The Labute approximate surface area is 250 Å². The highest BCUT2D eigenvalue weighted by atomic mass is 16.6. The quantitative estimate of drug-likeness (QED) is 0.205. The summed E-state index contributed by atoms with van der Waals surface area (Å²) < 4.78 is 5.49. The second kappa shape index (κ2) is 16.0. The average Bonchev–Trinajstić information content (AvgIpc) is 2.89. The van der Waals surface area contributed by atoms with Crippen LogP contribution in [-0.2, 0) is 20.7 Å². The lowest BCUT2D eigenvalue weighted by molar-refractivity contribution is -0.142. The predicted molar refractivity (Wildman–Crippen MR) is 164 cm³/mol. The van der Waals surface area contributed by atoms with E-state index >= 15 is 0 Å². The number of benzene rings is 2. The molecule has 3 unspecified atom stereocenters. The predicted octanol–water partition coefficient (Wildman–Crippen LogP) is 5.91. The molecule has 0 heterocycles. The fourth-order valence-electron chi connectivity index (χ4n) is 4.77. The fraction of sp³-hybridized carbons (Fsp3) is 0.545. The lowest BCUT2D eigenvalue weighted by atomic mass is 9.98. The van der Waals surface area contributed by atoms with Crippen molar-refractivity contribution in [3.8, 4) is 11.5 Å². The number of amides is 3.